The molecule has 0 fully saturated rings. The number of rotatable bonds is 10. The molecule has 44 heavy (non-hydrogen) atoms. The zero-order valence-electron chi connectivity index (χ0n) is 24.6. The number of carbonyl (C=O) groups is 4. The minimum Gasteiger partial charge on any atom is -0.496 e. The third kappa shape index (κ3) is 7.62. The first kappa shape index (κ1) is 32.9. The van der Waals surface area contributed by atoms with Gasteiger partial charge in [0.2, 0.25) is 0 Å². The molecule has 0 aliphatic rings. The van der Waals surface area contributed by atoms with Gasteiger partial charge >= 0.3 is 23.9 Å². The lowest BCUT2D eigenvalue weighted by molar-refractivity contribution is -0.132. The molecule has 3 aromatic rings. The molecule has 0 heterocycles. The van der Waals surface area contributed by atoms with Gasteiger partial charge in [-0.25, -0.2) is 23.2 Å². The normalized spacial score (nSPS) is 10.3. The van der Waals surface area contributed by atoms with Crippen LogP contribution in [0.15, 0.2) is 78.9 Å². The maximum Gasteiger partial charge on any atom is 0.338 e. The Bertz CT molecular complexity index is 1740. The number of carbonyl (C=O) groups excluding carboxylic acids is 4. The molecule has 3 aromatic carbocycles. The van der Waals surface area contributed by atoms with Crippen molar-refractivity contribution in [2.45, 2.75) is 27.7 Å². The van der Waals surface area contributed by atoms with Crippen LogP contribution in [0, 0.1) is 11.6 Å². The van der Waals surface area contributed by atoms with Crippen molar-refractivity contribution in [3.8, 4) is 51.0 Å². The van der Waals surface area contributed by atoms with Crippen molar-refractivity contribution < 1.29 is 51.6 Å². The summed E-state index contributed by atoms with van der Waals surface area (Å²) >= 11 is 0. The Hall–Kier alpha value is -5.58. The second kappa shape index (κ2) is 13.6. The van der Waals surface area contributed by atoms with Gasteiger partial charge in [-0.05, 0) is 51.1 Å². The zero-order chi connectivity index (χ0) is 32.9. The van der Waals surface area contributed by atoms with E-state index in [-0.39, 0.29) is 62.0 Å². The average molecular weight is 607 g/mol. The minimum absolute atomic E-state index is 0.00355. The van der Waals surface area contributed by atoms with Gasteiger partial charge in [-0.1, -0.05) is 19.7 Å². The smallest absolute Gasteiger partial charge is 0.338 e. The molecule has 3 rings (SSSR count). The Morgan fingerprint density at radius 2 is 1.02 bits per heavy atom. The molecule has 0 spiro atoms. The van der Waals surface area contributed by atoms with Crippen molar-refractivity contribution in [2.24, 2.45) is 0 Å². The standard InChI is InChI=1S/C33H28F2O9/c1-16(2)31(37)42-28-11-20(41-19(7)36)9-10-21(28)22-14-29(43-32(38)17(3)4)24(12-25(22)34)23-13-26(35)30(15-27(23)40-8)44-33(39)18(5)6/h9-15H,1,3,5H2,2,4,6-8H3. The molecular weight excluding hydrogens is 578 g/mol. The lowest BCUT2D eigenvalue weighted by Crippen LogP contribution is -2.11. The van der Waals surface area contributed by atoms with Gasteiger partial charge in [0.1, 0.15) is 28.8 Å². The number of methoxy groups -OCH3 is 1. The summed E-state index contributed by atoms with van der Waals surface area (Å²) in [5.41, 5.74) is -0.319. The van der Waals surface area contributed by atoms with Crippen molar-refractivity contribution >= 4 is 23.9 Å². The maximum absolute atomic E-state index is 15.9. The van der Waals surface area contributed by atoms with E-state index in [1.807, 2.05) is 0 Å². The zero-order valence-corrected chi connectivity index (χ0v) is 24.6. The molecule has 0 N–H and O–H groups in total. The summed E-state index contributed by atoms with van der Waals surface area (Å²) in [5.74, 6) is -6.16. The van der Waals surface area contributed by atoms with Crippen LogP contribution in [0.2, 0.25) is 0 Å². The fraction of sp³-hybridized carbons (Fsp3) is 0.152. The largest absolute Gasteiger partial charge is 0.496 e. The molecule has 0 aliphatic carbocycles. The summed E-state index contributed by atoms with van der Waals surface area (Å²) in [5, 5.41) is 0. The van der Waals surface area contributed by atoms with Gasteiger partial charge in [0.05, 0.1) is 7.11 Å². The number of hydrogen-bond acceptors (Lipinski definition) is 9. The van der Waals surface area contributed by atoms with Crippen LogP contribution in [-0.4, -0.2) is 31.0 Å². The Kier molecular flexibility index (Phi) is 10.2. The van der Waals surface area contributed by atoms with Gasteiger partial charge in [-0.3, -0.25) is 4.79 Å². The van der Waals surface area contributed by atoms with Crippen LogP contribution in [0.25, 0.3) is 22.3 Å². The van der Waals surface area contributed by atoms with Crippen LogP contribution in [0.3, 0.4) is 0 Å². The van der Waals surface area contributed by atoms with Crippen LogP contribution < -0.4 is 23.7 Å². The van der Waals surface area contributed by atoms with Crippen LogP contribution in [0.1, 0.15) is 27.7 Å². The quantitative estimate of drug-likeness (QED) is 0.142. The van der Waals surface area contributed by atoms with Crippen molar-refractivity contribution in [1.82, 2.24) is 0 Å². The highest BCUT2D eigenvalue weighted by molar-refractivity contribution is 5.93. The highest BCUT2D eigenvalue weighted by atomic mass is 19.1. The van der Waals surface area contributed by atoms with E-state index in [0.717, 1.165) is 24.3 Å². The van der Waals surface area contributed by atoms with E-state index < -0.39 is 41.3 Å². The molecule has 0 aromatic heterocycles. The van der Waals surface area contributed by atoms with E-state index in [1.54, 1.807) is 0 Å². The van der Waals surface area contributed by atoms with Gasteiger partial charge in [0, 0.05) is 58.0 Å². The molecule has 0 saturated heterocycles. The number of halogens is 2. The van der Waals surface area contributed by atoms with Crippen molar-refractivity contribution in [2.75, 3.05) is 7.11 Å². The Balaban J connectivity index is 2.29. The number of benzene rings is 3. The monoisotopic (exact) mass is 606 g/mol. The highest BCUT2D eigenvalue weighted by Crippen LogP contribution is 2.44. The first-order valence-corrected chi connectivity index (χ1v) is 12.8. The fourth-order valence-electron chi connectivity index (χ4n) is 3.65. The van der Waals surface area contributed by atoms with Crippen LogP contribution in [-0.2, 0) is 19.2 Å². The molecular formula is C33H28F2O9. The Labute approximate surface area is 251 Å². The molecule has 0 saturated carbocycles. The Morgan fingerprint density at radius 1 is 0.545 bits per heavy atom. The number of esters is 4. The summed E-state index contributed by atoms with van der Waals surface area (Å²) in [6.07, 6.45) is 0. The summed E-state index contributed by atoms with van der Waals surface area (Å²) in [6, 6.07) is 7.95. The molecule has 11 heteroatoms. The van der Waals surface area contributed by atoms with Crippen molar-refractivity contribution in [3.05, 3.63) is 90.6 Å². The molecule has 0 aliphatic heterocycles. The van der Waals surface area contributed by atoms with Crippen molar-refractivity contribution in [1.29, 1.82) is 0 Å². The molecule has 9 nitrogen and oxygen atoms in total. The van der Waals surface area contributed by atoms with E-state index in [2.05, 4.69) is 19.7 Å². The second-order valence-corrected chi connectivity index (χ2v) is 9.57. The van der Waals surface area contributed by atoms with Gasteiger partial charge in [-0.15, -0.1) is 0 Å². The molecule has 0 atom stereocenters. The van der Waals surface area contributed by atoms with E-state index in [4.69, 9.17) is 23.7 Å². The summed E-state index contributed by atoms with van der Waals surface area (Å²) < 4.78 is 57.4. The fourth-order valence-corrected chi connectivity index (χ4v) is 3.65. The number of hydrogen-bond donors (Lipinski definition) is 0. The van der Waals surface area contributed by atoms with Gasteiger partial charge in [-0.2, -0.15) is 0 Å². The first-order valence-electron chi connectivity index (χ1n) is 12.8. The topological polar surface area (TPSA) is 114 Å². The highest BCUT2D eigenvalue weighted by Gasteiger charge is 2.24. The molecule has 0 radical (unpaired) electrons. The second-order valence-electron chi connectivity index (χ2n) is 9.57. The van der Waals surface area contributed by atoms with Crippen LogP contribution in [0.4, 0.5) is 8.78 Å². The predicted molar refractivity (Wildman–Crippen MR) is 156 cm³/mol. The van der Waals surface area contributed by atoms with E-state index in [9.17, 15) is 19.2 Å². The van der Waals surface area contributed by atoms with Gasteiger partial charge < -0.3 is 23.7 Å². The summed E-state index contributed by atoms with van der Waals surface area (Å²) in [4.78, 5) is 48.5. The average Bonchev–Trinajstić information content (AvgIpc) is 2.94. The number of ether oxygens (including phenoxy) is 5. The third-order valence-electron chi connectivity index (χ3n) is 5.77. The van der Waals surface area contributed by atoms with Crippen molar-refractivity contribution in [3.63, 3.8) is 0 Å². The maximum atomic E-state index is 15.9. The summed E-state index contributed by atoms with van der Waals surface area (Å²) in [7, 11) is 1.25. The SMILES string of the molecule is C=C(C)C(=O)Oc1cc(OC)c(-c2cc(F)c(-c3ccc(OC(C)=O)cc3OC(=O)C(=C)C)cc2OC(=O)C(=C)C)cc1F. The van der Waals surface area contributed by atoms with Gasteiger partial charge in [0.15, 0.2) is 11.6 Å². The molecule has 228 valence electrons. The van der Waals surface area contributed by atoms with E-state index >= 15 is 8.78 Å². The van der Waals surface area contributed by atoms with Gasteiger partial charge in [0.25, 0.3) is 0 Å². The van der Waals surface area contributed by atoms with E-state index in [0.29, 0.717) is 0 Å². The van der Waals surface area contributed by atoms with Crippen LogP contribution in [0.5, 0.6) is 28.7 Å². The third-order valence-corrected chi connectivity index (χ3v) is 5.77. The lowest BCUT2D eigenvalue weighted by Gasteiger charge is -2.18. The van der Waals surface area contributed by atoms with Crippen LogP contribution >= 0.6 is 0 Å². The minimum atomic E-state index is -1.01. The lowest BCUT2D eigenvalue weighted by atomic mass is 9.96. The molecule has 0 amide bonds. The summed E-state index contributed by atoms with van der Waals surface area (Å²) in [6.45, 7) is 15.9. The Morgan fingerprint density at radius 3 is 1.52 bits per heavy atom. The molecule has 0 bridgehead atoms. The first-order chi connectivity index (χ1) is 20.6. The predicted octanol–water partition coefficient (Wildman–Crippen LogP) is 6.68. The molecule has 0 unspecified atom stereocenters. The van der Waals surface area contributed by atoms with E-state index in [1.165, 1.54) is 53.0 Å².